The second-order valence-corrected chi connectivity index (χ2v) is 2.06. The van der Waals surface area contributed by atoms with E-state index >= 15 is 0 Å². The highest BCUT2D eigenvalue weighted by Gasteiger charge is 1.97. The van der Waals surface area contributed by atoms with Gasteiger partial charge in [0.05, 0.1) is 0 Å². The fourth-order valence-electron chi connectivity index (χ4n) is 0.884. The van der Waals surface area contributed by atoms with Crippen molar-refractivity contribution in [3.05, 3.63) is 30.4 Å². The van der Waals surface area contributed by atoms with Crippen LogP contribution in [0.3, 0.4) is 0 Å². The van der Waals surface area contributed by atoms with Gasteiger partial charge >= 0.3 is 0 Å². The number of imidazole rings is 1. The molecule has 0 aliphatic heterocycles. The van der Waals surface area contributed by atoms with Crippen LogP contribution in [-0.2, 0) is 0 Å². The summed E-state index contributed by atoms with van der Waals surface area (Å²) in [6.07, 6.45) is 5.09. The lowest BCUT2D eigenvalue weighted by molar-refractivity contribution is 1.11. The van der Waals surface area contributed by atoms with Crippen LogP contribution in [-0.4, -0.2) is 14.4 Å². The third-order valence-electron chi connectivity index (χ3n) is 1.35. The lowest BCUT2D eigenvalue weighted by Crippen LogP contribution is -1.82. The van der Waals surface area contributed by atoms with Gasteiger partial charge in [-0.3, -0.25) is 4.40 Å². The minimum atomic E-state index is 0.392. The number of nitriles is 1. The molecule has 2 aromatic heterocycles. The molecule has 0 N–H and O–H groups in total. The topological polar surface area (TPSA) is 54.0 Å². The molecule has 0 bridgehead atoms. The third kappa shape index (κ3) is 0.829. The van der Waals surface area contributed by atoms with Gasteiger partial charge in [0.15, 0.2) is 5.69 Å². The quantitative estimate of drug-likeness (QED) is 0.544. The molecule has 0 aliphatic rings. The summed E-state index contributed by atoms with van der Waals surface area (Å²) in [6, 6.07) is 3.73. The summed E-state index contributed by atoms with van der Waals surface area (Å²) in [7, 11) is 0. The molecule has 52 valence electrons. The van der Waals surface area contributed by atoms with Gasteiger partial charge in [-0.2, -0.15) is 10.2 Å². The molecule has 2 heterocycles. The van der Waals surface area contributed by atoms with Crippen molar-refractivity contribution >= 4 is 5.78 Å². The van der Waals surface area contributed by atoms with Crippen LogP contribution in [0.4, 0.5) is 0 Å². The molecule has 4 nitrogen and oxygen atoms in total. The molecule has 11 heavy (non-hydrogen) atoms. The zero-order chi connectivity index (χ0) is 7.68. The monoisotopic (exact) mass is 144 g/mol. The van der Waals surface area contributed by atoms with Crippen LogP contribution in [0, 0.1) is 11.3 Å². The Hall–Kier alpha value is -1.89. The Balaban J connectivity index is 2.81. The van der Waals surface area contributed by atoms with Crippen molar-refractivity contribution in [2.45, 2.75) is 0 Å². The molecule has 0 saturated carbocycles. The Labute approximate surface area is 62.7 Å². The molecule has 2 rings (SSSR count). The van der Waals surface area contributed by atoms with Crippen LogP contribution in [0.1, 0.15) is 5.69 Å². The number of hydrogen-bond acceptors (Lipinski definition) is 3. The smallest absolute Gasteiger partial charge is 0.234 e. The summed E-state index contributed by atoms with van der Waals surface area (Å²) >= 11 is 0. The fraction of sp³-hybridized carbons (Fsp3) is 0. The van der Waals surface area contributed by atoms with E-state index in [0.29, 0.717) is 11.5 Å². The van der Waals surface area contributed by atoms with Crippen LogP contribution in [0.2, 0.25) is 0 Å². The Morgan fingerprint density at radius 2 is 2.45 bits per heavy atom. The molecule has 2 aromatic rings. The number of hydrogen-bond donors (Lipinski definition) is 0. The molecule has 0 aromatic carbocycles. The lowest BCUT2D eigenvalue weighted by atomic mass is 10.5. The van der Waals surface area contributed by atoms with Gasteiger partial charge in [-0.1, -0.05) is 0 Å². The highest BCUT2D eigenvalue weighted by atomic mass is 15.1. The Morgan fingerprint density at radius 1 is 1.55 bits per heavy atom. The first-order valence-corrected chi connectivity index (χ1v) is 3.10. The van der Waals surface area contributed by atoms with E-state index in [2.05, 4.69) is 9.97 Å². The van der Waals surface area contributed by atoms with Crippen molar-refractivity contribution < 1.29 is 0 Å². The SMILES string of the molecule is N#Cc1cn2cccnc2n1. The first-order chi connectivity index (χ1) is 5.40. The van der Waals surface area contributed by atoms with Crippen molar-refractivity contribution in [3.8, 4) is 6.07 Å². The maximum absolute atomic E-state index is 8.49. The largest absolute Gasteiger partial charge is 0.290 e. The van der Waals surface area contributed by atoms with Gasteiger partial charge in [-0.05, 0) is 6.07 Å². The van der Waals surface area contributed by atoms with Crippen molar-refractivity contribution in [1.29, 1.82) is 5.26 Å². The zero-order valence-electron chi connectivity index (χ0n) is 5.60. The Morgan fingerprint density at radius 3 is 3.18 bits per heavy atom. The Kier molecular flexibility index (Phi) is 1.10. The van der Waals surface area contributed by atoms with E-state index < -0.39 is 0 Å². The molecule has 0 amide bonds. The molecule has 0 saturated heterocycles. The molecule has 0 spiro atoms. The number of rotatable bonds is 0. The molecule has 0 fully saturated rings. The normalized spacial score (nSPS) is 9.73. The van der Waals surface area contributed by atoms with E-state index in [-0.39, 0.29) is 0 Å². The van der Waals surface area contributed by atoms with E-state index in [1.165, 1.54) is 0 Å². The standard InChI is InChI=1S/C7H4N4/c8-4-6-5-11-3-1-2-9-7(11)10-6/h1-3,5H. The van der Waals surface area contributed by atoms with E-state index in [1.54, 1.807) is 29.1 Å². The Bertz CT molecular complexity index is 390. The summed E-state index contributed by atoms with van der Waals surface area (Å²) in [5.74, 6) is 0.559. The van der Waals surface area contributed by atoms with Gasteiger partial charge in [-0.15, -0.1) is 0 Å². The average Bonchev–Trinajstić information content (AvgIpc) is 2.46. The summed E-state index contributed by atoms with van der Waals surface area (Å²) in [6.45, 7) is 0. The molecule has 0 radical (unpaired) electrons. The van der Waals surface area contributed by atoms with Crippen LogP contribution in [0.5, 0.6) is 0 Å². The molecular formula is C7H4N4. The molecule has 0 atom stereocenters. The summed E-state index contributed by atoms with van der Waals surface area (Å²) in [5.41, 5.74) is 0.392. The first-order valence-electron chi connectivity index (χ1n) is 3.10. The highest BCUT2D eigenvalue weighted by Crippen LogP contribution is 1.98. The van der Waals surface area contributed by atoms with E-state index in [0.717, 1.165) is 0 Å². The van der Waals surface area contributed by atoms with Gasteiger partial charge < -0.3 is 0 Å². The third-order valence-corrected chi connectivity index (χ3v) is 1.35. The predicted octanol–water partition coefficient (Wildman–Crippen LogP) is 0.601. The van der Waals surface area contributed by atoms with Gasteiger partial charge in [0.1, 0.15) is 6.07 Å². The van der Waals surface area contributed by atoms with E-state index in [9.17, 15) is 0 Å². The van der Waals surface area contributed by atoms with Crippen molar-refractivity contribution in [3.63, 3.8) is 0 Å². The van der Waals surface area contributed by atoms with Gasteiger partial charge in [0.25, 0.3) is 0 Å². The molecule has 4 heteroatoms. The second-order valence-electron chi connectivity index (χ2n) is 2.06. The summed E-state index contributed by atoms with van der Waals surface area (Å²) in [4.78, 5) is 7.87. The zero-order valence-corrected chi connectivity index (χ0v) is 5.60. The van der Waals surface area contributed by atoms with Crippen LogP contribution in [0.25, 0.3) is 5.78 Å². The van der Waals surface area contributed by atoms with Crippen LogP contribution < -0.4 is 0 Å². The molecular weight excluding hydrogens is 140 g/mol. The number of aromatic nitrogens is 3. The average molecular weight is 144 g/mol. The predicted molar refractivity (Wildman–Crippen MR) is 37.7 cm³/mol. The van der Waals surface area contributed by atoms with Crippen LogP contribution >= 0.6 is 0 Å². The minimum Gasteiger partial charge on any atom is -0.290 e. The summed E-state index contributed by atoms with van der Waals surface area (Å²) < 4.78 is 1.71. The number of fused-ring (bicyclic) bond motifs is 1. The molecule has 0 unspecified atom stereocenters. The number of nitrogens with zero attached hydrogens (tertiary/aromatic N) is 4. The highest BCUT2D eigenvalue weighted by molar-refractivity contribution is 5.34. The maximum Gasteiger partial charge on any atom is 0.234 e. The lowest BCUT2D eigenvalue weighted by Gasteiger charge is -1.85. The second kappa shape index (κ2) is 2.06. The first kappa shape index (κ1) is 5.86. The van der Waals surface area contributed by atoms with Gasteiger partial charge in [0, 0.05) is 18.6 Å². The van der Waals surface area contributed by atoms with Crippen LogP contribution in [0.15, 0.2) is 24.7 Å². The van der Waals surface area contributed by atoms with Crippen molar-refractivity contribution in [2.75, 3.05) is 0 Å². The van der Waals surface area contributed by atoms with Gasteiger partial charge in [0.2, 0.25) is 5.78 Å². The van der Waals surface area contributed by atoms with E-state index in [4.69, 9.17) is 5.26 Å². The minimum absolute atomic E-state index is 0.392. The summed E-state index contributed by atoms with van der Waals surface area (Å²) in [5, 5.41) is 8.49. The van der Waals surface area contributed by atoms with Crippen molar-refractivity contribution in [2.24, 2.45) is 0 Å². The fourth-order valence-corrected chi connectivity index (χ4v) is 0.884. The molecule has 0 aliphatic carbocycles. The van der Waals surface area contributed by atoms with E-state index in [1.807, 2.05) is 6.07 Å². The maximum atomic E-state index is 8.49. The van der Waals surface area contributed by atoms with Gasteiger partial charge in [-0.25, -0.2) is 4.98 Å². The van der Waals surface area contributed by atoms with Crippen molar-refractivity contribution in [1.82, 2.24) is 14.4 Å².